The van der Waals surface area contributed by atoms with Crippen LogP contribution in [0.15, 0.2) is 78.9 Å². The van der Waals surface area contributed by atoms with Crippen molar-refractivity contribution >= 4 is 0 Å². The first-order chi connectivity index (χ1) is 13.5. The molecule has 3 aromatic carbocycles. The third kappa shape index (κ3) is 4.12. The van der Waals surface area contributed by atoms with Crippen molar-refractivity contribution < 1.29 is 13.2 Å². The molecule has 144 valence electrons. The van der Waals surface area contributed by atoms with Crippen LogP contribution in [-0.2, 0) is 12.7 Å². The first kappa shape index (κ1) is 18.8. The molecular formula is C24H22F3N. The molecule has 1 aliphatic rings. The summed E-state index contributed by atoms with van der Waals surface area (Å²) < 4.78 is 39.8. The number of halogens is 3. The third-order valence-electron chi connectivity index (χ3n) is 5.45. The second-order valence-electron chi connectivity index (χ2n) is 7.37. The molecule has 0 spiro atoms. The van der Waals surface area contributed by atoms with Gasteiger partial charge in [0.05, 0.1) is 5.56 Å². The topological polar surface area (TPSA) is 3.24 Å². The molecule has 1 nitrogen and oxygen atoms in total. The van der Waals surface area contributed by atoms with Crippen molar-refractivity contribution in [2.75, 3.05) is 13.1 Å². The molecule has 1 atom stereocenters. The highest BCUT2D eigenvalue weighted by Gasteiger charge is 2.33. The van der Waals surface area contributed by atoms with Crippen LogP contribution in [0.5, 0.6) is 0 Å². The minimum absolute atomic E-state index is 0.229. The molecule has 4 rings (SSSR count). The predicted octanol–water partition coefficient (Wildman–Crippen LogP) is 6.36. The Morgan fingerprint density at radius 2 is 1.50 bits per heavy atom. The smallest absolute Gasteiger partial charge is 0.298 e. The van der Waals surface area contributed by atoms with Crippen molar-refractivity contribution in [3.8, 4) is 11.1 Å². The first-order valence-corrected chi connectivity index (χ1v) is 9.53. The molecule has 4 heteroatoms. The Labute approximate surface area is 163 Å². The van der Waals surface area contributed by atoms with E-state index in [2.05, 4.69) is 29.2 Å². The van der Waals surface area contributed by atoms with Gasteiger partial charge in [-0.3, -0.25) is 4.90 Å². The van der Waals surface area contributed by atoms with Crippen LogP contribution < -0.4 is 0 Å². The molecule has 1 aliphatic heterocycles. The fourth-order valence-electron chi connectivity index (χ4n) is 4.00. The van der Waals surface area contributed by atoms with Crippen LogP contribution in [-0.4, -0.2) is 18.0 Å². The van der Waals surface area contributed by atoms with Gasteiger partial charge in [-0.15, -0.1) is 0 Å². The van der Waals surface area contributed by atoms with Crippen LogP contribution in [0.2, 0.25) is 0 Å². The van der Waals surface area contributed by atoms with Gasteiger partial charge >= 0.3 is 6.18 Å². The monoisotopic (exact) mass is 381 g/mol. The maximum Gasteiger partial charge on any atom is 0.417 e. The lowest BCUT2D eigenvalue weighted by molar-refractivity contribution is -0.137. The second kappa shape index (κ2) is 7.80. The van der Waals surface area contributed by atoms with Gasteiger partial charge in [-0.1, -0.05) is 72.8 Å². The number of alkyl halides is 3. The zero-order valence-corrected chi connectivity index (χ0v) is 15.5. The maximum atomic E-state index is 13.3. The fourth-order valence-corrected chi connectivity index (χ4v) is 4.00. The predicted molar refractivity (Wildman–Crippen MR) is 106 cm³/mol. The number of hydrogen-bond acceptors (Lipinski definition) is 1. The number of benzene rings is 3. The molecule has 0 aromatic heterocycles. The summed E-state index contributed by atoms with van der Waals surface area (Å²) in [6.45, 7) is 2.88. The van der Waals surface area contributed by atoms with Gasteiger partial charge in [0.25, 0.3) is 0 Å². The van der Waals surface area contributed by atoms with E-state index in [-0.39, 0.29) is 5.56 Å². The van der Waals surface area contributed by atoms with Gasteiger partial charge in [0.15, 0.2) is 0 Å². The summed E-state index contributed by atoms with van der Waals surface area (Å²) in [5.41, 5.74) is 2.74. The SMILES string of the molecule is FC(F)(F)c1ccccc1-c1ccc(CN2CCC(c3ccccc3)C2)cc1. The maximum absolute atomic E-state index is 13.3. The van der Waals surface area contributed by atoms with E-state index >= 15 is 0 Å². The minimum Gasteiger partial charge on any atom is -0.298 e. The third-order valence-corrected chi connectivity index (χ3v) is 5.45. The molecule has 0 amide bonds. The standard InChI is InChI=1S/C24H22F3N/c25-24(26,27)23-9-5-4-8-22(23)20-12-10-18(11-13-20)16-28-15-14-21(17-28)19-6-2-1-3-7-19/h1-13,21H,14-17H2. The Morgan fingerprint density at radius 1 is 0.821 bits per heavy atom. The Hall–Kier alpha value is -2.59. The Balaban J connectivity index is 1.45. The van der Waals surface area contributed by atoms with Crippen LogP contribution in [0, 0.1) is 0 Å². The van der Waals surface area contributed by atoms with Crippen LogP contribution in [0.4, 0.5) is 13.2 Å². The van der Waals surface area contributed by atoms with Crippen molar-refractivity contribution in [1.29, 1.82) is 0 Å². The normalized spacial score (nSPS) is 17.8. The van der Waals surface area contributed by atoms with Gasteiger partial charge < -0.3 is 0 Å². The van der Waals surface area contributed by atoms with Crippen molar-refractivity contribution in [3.05, 3.63) is 95.6 Å². The lowest BCUT2D eigenvalue weighted by Gasteiger charge is -2.17. The van der Waals surface area contributed by atoms with E-state index in [1.807, 2.05) is 18.2 Å². The highest BCUT2D eigenvalue weighted by atomic mass is 19.4. The minimum atomic E-state index is -4.35. The van der Waals surface area contributed by atoms with E-state index in [9.17, 15) is 13.2 Å². The van der Waals surface area contributed by atoms with E-state index in [0.29, 0.717) is 11.5 Å². The average Bonchev–Trinajstić information content (AvgIpc) is 3.17. The molecular weight excluding hydrogens is 359 g/mol. The summed E-state index contributed by atoms with van der Waals surface area (Å²) in [5, 5.41) is 0. The van der Waals surface area contributed by atoms with E-state index in [1.54, 1.807) is 18.2 Å². The van der Waals surface area contributed by atoms with Gasteiger partial charge in [0.2, 0.25) is 0 Å². The van der Waals surface area contributed by atoms with Gasteiger partial charge in [0, 0.05) is 13.1 Å². The van der Waals surface area contributed by atoms with Crippen molar-refractivity contribution in [3.63, 3.8) is 0 Å². The number of hydrogen-bond donors (Lipinski definition) is 0. The van der Waals surface area contributed by atoms with Crippen LogP contribution in [0.25, 0.3) is 11.1 Å². The zero-order chi connectivity index (χ0) is 19.6. The van der Waals surface area contributed by atoms with Gasteiger partial charge in [-0.2, -0.15) is 13.2 Å². The van der Waals surface area contributed by atoms with Gasteiger partial charge in [0.1, 0.15) is 0 Å². The lowest BCUT2D eigenvalue weighted by atomic mass is 9.98. The van der Waals surface area contributed by atoms with Crippen molar-refractivity contribution in [2.45, 2.75) is 25.1 Å². The van der Waals surface area contributed by atoms with Crippen LogP contribution in [0.1, 0.15) is 29.0 Å². The molecule has 0 radical (unpaired) electrons. The van der Waals surface area contributed by atoms with Crippen molar-refractivity contribution in [1.82, 2.24) is 4.90 Å². The van der Waals surface area contributed by atoms with E-state index in [0.717, 1.165) is 37.7 Å². The molecule has 0 bridgehead atoms. The Bertz CT molecular complexity index is 917. The summed E-state index contributed by atoms with van der Waals surface area (Å²) in [6, 6.07) is 23.8. The molecule has 0 N–H and O–H groups in total. The summed E-state index contributed by atoms with van der Waals surface area (Å²) in [5.74, 6) is 0.555. The van der Waals surface area contributed by atoms with E-state index in [1.165, 1.54) is 17.7 Å². The number of rotatable bonds is 4. The van der Waals surface area contributed by atoms with Gasteiger partial charge in [-0.05, 0) is 47.2 Å². The highest BCUT2D eigenvalue weighted by molar-refractivity contribution is 5.68. The van der Waals surface area contributed by atoms with E-state index < -0.39 is 11.7 Å². The molecule has 3 aromatic rings. The summed E-state index contributed by atoms with van der Waals surface area (Å²) in [4.78, 5) is 2.41. The van der Waals surface area contributed by atoms with Crippen LogP contribution in [0.3, 0.4) is 0 Å². The summed E-state index contributed by atoms with van der Waals surface area (Å²) in [7, 11) is 0. The first-order valence-electron chi connectivity index (χ1n) is 9.53. The lowest BCUT2D eigenvalue weighted by Crippen LogP contribution is -2.19. The molecule has 1 unspecified atom stereocenters. The van der Waals surface area contributed by atoms with E-state index in [4.69, 9.17) is 0 Å². The number of likely N-dealkylation sites (tertiary alicyclic amines) is 1. The highest BCUT2D eigenvalue weighted by Crippen LogP contribution is 2.37. The molecule has 1 heterocycles. The molecule has 0 saturated carbocycles. The number of nitrogens with zero attached hydrogens (tertiary/aromatic N) is 1. The zero-order valence-electron chi connectivity index (χ0n) is 15.5. The molecule has 0 aliphatic carbocycles. The summed E-state index contributed by atoms with van der Waals surface area (Å²) >= 11 is 0. The molecule has 1 saturated heterocycles. The van der Waals surface area contributed by atoms with Gasteiger partial charge in [-0.25, -0.2) is 0 Å². The largest absolute Gasteiger partial charge is 0.417 e. The second-order valence-corrected chi connectivity index (χ2v) is 7.37. The molecule has 28 heavy (non-hydrogen) atoms. The fraction of sp³-hybridized carbons (Fsp3) is 0.250. The molecule has 1 fully saturated rings. The Kier molecular flexibility index (Phi) is 5.23. The van der Waals surface area contributed by atoms with Crippen molar-refractivity contribution in [2.24, 2.45) is 0 Å². The summed E-state index contributed by atoms with van der Waals surface area (Å²) in [6.07, 6.45) is -3.21. The quantitative estimate of drug-likeness (QED) is 0.508. The Morgan fingerprint density at radius 3 is 2.21 bits per heavy atom. The van der Waals surface area contributed by atoms with Crippen LogP contribution >= 0.6 is 0 Å². The average molecular weight is 381 g/mol.